The summed E-state index contributed by atoms with van der Waals surface area (Å²) in [5, 5.41) is 1.53. The van der Waals surface area contributed by atoms with E-state index in [2.05, 4.69) is 4.98 Å². The van der Waals surface area contributed by atoms with E-state index in [1.165, 1.54) is 17.4 Å². The van der Waals surface area contributed by atoms with Gasteiger partial charge in [-0.1, -0.05) is 11.6 Å². The number of carbonyl (C=O) groups is 1. The van der Waals surface area contributed by atoms with Crippen molar-refractivity contribution >= 4 is 38.4 Å². The third-order valence-corrected chi connectivity index (χ3v) is 6.05. The fourth-order valence-corrected chi connectivity index (χ4v) is 4.67. The van der Waals surface area contributed by atoms with Gasteiger partial charge in [-0.2, -0.15) is 13.2 Å². The first-order chi connectivity index (χ1) is 14.2. The standard InChI is InChI=1S/C22H19F3N2O2S/c1-4-29-19(28)11-27-13(3)20(15-9-12(2)5-7-17(15)27)21-26-16-10-14(22(23,24)25)6-8-18(16)30-21/h5-10H,4,11H2,1-3H3. The van der Waals surface area contributed by atoms with E-state index in [0.29, 0.717) is 21.8 Å². The van der Waals surface area contributed by atoms with Crippen LogP contribution in [0.3, 0.4) is 0 Å². The Morgan fingerprint density at radius 3 is 2.63 bits per heavy atom. The van der Waals surface area contributed by atoms with Gasteiger partial charge in [0.2, 0.25) is 0 Å². The van der Waals surface area contributed by atoms with Gasteiger partial charge in [-0.15, -0.1) is 11.3 Å². The molecular weight excluding hydrogens is 413 g/mol. The fourth-order valence-electron chi connectivity index (χ4n) is 3.62. The van der Waals surface area contributed by atoms with Crippen molar-refractivity contribution in [3.63, 3.8) is 0 Å². The number of alkyl halides is 3. The smallest absolute Gasteiger partial charge is 0.416 e. The fraction of sp³-hybridized carbons (Fsp3) is 0.273. The van der Waals surface area contributed by atoms with Crippen molar-refractivity contribution in [3.8, 4) is 10.6 Å². The Morgan fingerprint density at radius 2 is 1.93 bits per heavy atom. The molecule has 0 aliphatic carbocycles. The topological polar surface area (TPSA) is 44.1 Å². The third kappa shape index (κ3) is 3.56. The number of hydrogen-bond donors (Lipinski definition) is 0. The largest absolute Gasteiger partial charge is 0.465 e. The Kier molecular flexibility index (Phi) is 5.05. The minimum Gasteiger partial charge on any atom is -0.465 e. The summed E-state index contributed by atoms with van der Waals surface area (Å²) in [6, 6.07) is 9.51. The molecule has 0 bridgehead atoms. The zero-order valence-corrected chi connectivity index (χ0v) is 17.4. The molecule has 2 aromatic heterocycles. The molecule has 2 aromatic carbocycles. The molecule has 4 rings (SSSR count). The lowest BCUT2D eigenvalue weighted by atomic mass is 10.1. The summed E-state index contributed by atoms with van der Waals surface area (Å²) in [4.78, 5) is 16.6. The number of rotatable bonds is 4. The summed E-state index contributed by atoms with van der Waals surface area (Å²) in [6.07, 6.45) is -4.42. The van der Waals surface area contributed by atoms with Crippen LogP contribution in [0.5, 0.6) is 0 Å². The Balaban J connectivity index is 1.91. The van der Waals surface area contributed by atoms with Gasteiger partial charge in [0, 0.05) is 22.2 Å². The molecule has 0 aliphatic heterocycles. The lowest BCUT2D eigenvalue weighted by Gasteiger charge is -2.08. The molecule has 30 heavy (non-hydrogen) atoms. The van der Waals surface area contributed by atoms with Gasteiger partial charge < -0.3 is 9.30 Å². The molecule has 0 spiro atoms. The normalized spacial score (nSPS) is 12.1. The number of halogens is 3. The first kappa shape index (κ1) is 20.4. The number of hydrogen-bond acceptors (Lipinski definition) is 4. The maximum Gasteiger partial charge on any atom is 0.416 e. The first-order valence-electron chi connectivity index (χ1n) is 9.42. The van der Waals surface area contributed by atoms with Crippen LogP contribution in [0.4, 0.5) is 13.2 Å². The zero-order chi connectivity index (χ0) is 21.6. The number of benzene rings is 2. The molecule has 0 atom stereocenters. The van der Waals surface area contributed by atoms with E-state index in [1.54, 1.807) is 6.92 Å². The molecule has 4 aromatic rings. The van der Waals surface area contributed by atoms with Crippen molar-refractivity contribution in [2.75, 3.05) is 6.61 Å². The van der Waals surface area contributed by atoms with Crippen molar-refractivity contribution in [1.29, 1.82) is 0 Å². The quantitative estimate of drug-likeness (QED) is 0.365. The lowest BCUT2D eigenvalue weighted by molar-refractivity contribution is -0.143. The number of aromatic nitrogens is 2. The molecule has 0 aliphatic rings. The highest BCUT2D eigenvalue weighted by Crippen LogP contribution is 2.40. The summed E-state index contributed by atoms with van der Waals surface area (Å²) in [5.74, 6) is -0.344. The van der Waals surface area contributed by atoms with Crippen molar-refractivity contribution < 1.29 is 22.7 Å². The Labute approximate surface area is 174 Å². The van der Waals surface area contributed by atoms with E-state index in [9.17, 15) is 18.0 Å². The van der Waals surface area contributed by atoms with Crippen LogP contribution in [-0.4, -0.2) is 22.1 Å². The summed E-state index contributed by atoms with van der Waals surface area (Å²) in [5.41, 5.74) is 3.13. The maximum atomic E-state index is 13.1. The van der Waals surface area contributed by atoms with Gasteiger partial charge in [0.1, 0.15) is 11.6 Å². The van der Waals surface area contributed by atoms with Crippen LogP contribution in [0.15, 0.2) is 36.4 Å². The number of carbonyl (C=O) groups excluding carboxylic acids is 1. The van der Waals surface area contributed by atoms with Gasteiger partial charge in [0.05, 0.1) is 22.4 Å². The zero-order valence-electron chi connectivity index (χ0n) is 16.6. The SMILES string of the molecule is CCOC(=O)Cn1c(C)c(-c2nc3cc(C(F)(F)F)ccc3s2)c2cc(C)ccc21. The van der Waals surface area contributed by atoms with Gasteiger partial charge >= 0.3 is 12.1 Å². The van der Waals surface area contributed by atoms with Crippen LogP contribution in [0, 0.1) is 13.8 Å². The highest BCUT2D eigenvalue weighted by atomic mass is 32.1. The van der Waals surface area contributed by atoms with E-state index in [4.69, 9.17) is 4.74 Å². The number of esters is 1. The molecule has 0 fully saturated rings. The van der Waals surface area contributed by atoms with Crippen LogP contribution in [-0.2, 0) is 22.3 Å². The van der Waals surface area contributed by atoms with Crippen LogP contribution in [0.1, 0.15) is 23.7 Å². The molecule has 0 unspecified atom stereocenters. The number of ether oxygens (including phenoxy) is 1. The Morgan fingerprint density at radius 1 is 1.17 bits per heavy atom. The molecule has 4 nitrogen and oxygen atoms in total. The van der Waals surface area contributed by atoms with E-state index in [-0.39, 0.29) is 12.5 Å². The second-order valence-electron chi connectivity index (χ2n) is 7.07. The van der Waals surface area contributed by atoms with Crippen LogP contribution < -0.4 is 0 Å². The number of nitrogens with zero attached hydrogens (tertiary/aromatic N) is 2. The summed E-state index contributed by atoms with van der Waals surface area (Å²) in [6.45, 7) is 5.96. The summed E-state index contributed by atoms with van der Waals surface area (Å²) < 4.78 is 46.9. The second kappa shape index (κ2) is 7.43. The Bertz CT molecular complexity index is 1270. The average Bonchev–Trinajstić information content (AvgIpc) is 3.19. The van der Waals surface area contributed by atoms with E-state index >= 15 is 0 Å². The highest BCUT2D eigenvalue weighted by molar-refractivity contribution is 7.21. The monoisotopic (exact) mass is 432 g/mol. The maximum absolute atomic E-state index is 13.1. The first-order valence-corrected chi connectivity index (χ1v) is 10.2. The van der Waals surface area contributed by atoms with Gasteiger partial charge in [0.25, 0.3) is 0 Å². The predicted molar refractivity (Wildman–Crippen MR) is 112 cm³/mol. The van der Waals surface area contributed by atoms with Crippen molar-refractivity contribution in [3.05, 3.63) is 53.2 Å². The van der Waals surface area contributed by atoms with Crippen molar-refractivity contribution in [2.45, 2.75) is 33.5 Å². The van der Waals surface area contributed by atoms with Crippen LogP contribution >= 0.6 is 11.3 Å². The number of aryl methyl sites for hydroxylation is 1. The molecule has 2 heterocycles. The van der Waals surface area contributed by atoms with E-state index < -0.39 is 11.7 Å². The van der Waals surface area contributed by atoms with Gasteiger partial charge in [-0.05, 0) is 51.1 Å². The molecule has 8 heteroatoms. The molecule has 0 saturated carbocycles. The molecule has 0 radical (unpaired) electrons. The van der Waals surface area contributed by atoms with E-state index in [0.717, 1.165) is 39.9 Å². The Hall–Kier alpha value is -2.87. The minimum absolute atomic E-state index is 0.0579. The van der Waals surface area contributed by atoms with Crippen molar-refractivity contribution in [2.24, 2.45) is 0 Å². The van der Waals surface area contributed by atoms with Crippen LogP contribution in [0.2, 0.25) is 0 Å². The third-order valence-electron chi connectivity index (χ3n) is 5.00. The van der Waals surface area contributed by atoms with E-state index in [1.807, 2.05) is 36.6 Å². The number of thiazole rings is 1. The summed E-state index contributed by atoms with van der Waals surface area (Å²) >= 11 is 1.34. The second-order valence-corrected chi connectivity index (χ2v) is 8.10. The lowest BCUT2D eigenvalue weighted by Crippen LogP contribution is -2.14. The molecule has 0 amide bonds. The van der Waals surface area contributed by atoms with Crippen LogP contribution in [0.25, 0.3) is 31.7 Å². The van der Waals surface area contributed by atoms with Gasteiger partial charge in [-0.25, -0.2) is 4.98 Å². The molecule has 156 valence electrons. The molecule has 0 N–H and O–H groups in total. The van der Waals surface area contributed by atoms with Gasteiger partial charge in [0.15, 0.2) is 0 Å². The van der Waals surface area contributed by atoms with Gasteiger partial charge in [-0.3, -0.25) is 4.79 Å². The molecular formula is C22H19F3N2O2S. The average molecular weight is 432 g/mol. The van der Waals surface area contributed by atoms with Crippen molar-refractivity contribution in [1.82, 2.24) is 9.55 Å². The molecule has 0 saturated heterocycles. The number of fused-ring (bicyclic) bond motifs is 2. The highest BCUT2D eigenvalue weighted by Gasteiger charge is 2.31. The summed E-state index contributed by atoms with van der Waals surface area (Å²) in [7, 11) is 0. The minimum atomic E-state index is -4.42. The predicted octanol–water partition coefficient (Wildman–Crippen LogP) is 6.12.